The van der Waals surface area contributed by atoms with Gasteiger partial charge < -0.3 is 15.0 Å². The topological polar surface area (TPSA) is 113 Å². The quantitative estimate of drug-likeness (QED) is 0.555. The molecular weight excluding hydrogens is 380 g/mol. The standard InChI is InChI=1S/C22H20N6O2/c23-21-25-13-17(14-26-21)15-1-3-18(4-2-15)22(7-11-29-12-8-22)20-27-19(30-28-20)16-5-9-24-10-6-16/h1-6,9-10,13-14H,7-8,11-12H2,(H2,23,25,26). The van der Waals surface area contributed by atoms with E-state index in [4.69, 9.17) is 20.0 Å². The molecule has 0 bridgehead atoms. The van der Waals surface area contributed by atoms with Gasteiger partial charge in [-0.2, -0.15) is 4.98 Å². The van der Waals surface area contributed by atoms with Crippen LogP contribution < -0.4 is 5.73 Å². The molecule has 1 aliphatic heterocycles. The van der Waals surface area contributed by atoms with Crippen molar-refractivity contribution in [2.45, 2.75) is 18.3 Å². The Morgan fingerprint density at radius 2 is 1.53 bits per heavy atom. The van der Waals surface area contributed by atoms with Crippen molar-refractivity contribution < 1.29 is 9.26 Å². The van der Waals surface area contributed by atoms with Crippen molar-refractivity contribution in [3.8, 4) is 22.6 Å². The maximum absolute atomic E-state index is 5.64. The molecule has 8 heteroatoms. The predicted molar refractivity (Wildman–Crippen MR) is 110 cm³/mol. The molecule has 0 aliphatic carbocycles. The Morgan fingerprint density at radius 1 is 0.833 bits per heavy atom. The third-order valence-corrected chi connectivity index (χ3v) is 5.57. The number of benzene rings is 1. The molecule has 0 saturated carbocycles. The summed E-state index contributed by atoms with van der Waals surface area (Å²) in [6.45, 7) is 1.29. The number of nitrogens with two attached hydrogens (primary N) is 1. The minimum Gasteiger partial charge on any atom is -0.381 e. The normalized spacial score (nSPS) is 15.7. The van der Waals surface area contributed by atoms with Crippen LogP contribution in [0, 0.1) is 0 Å². The smallest absolute Gasteiger partial charge is 0.258 e. The van der Waals surface area contributed by atoms with Crippen LogP contribution in [0.1, 0.15) is 24.2 Å². The monoisotopic (exact) mass is 400 g/mol. The van der Waals surface area contributed by atoms with Gasteiger partial charge in [-0.1, -0.05) is 29.4 Å². The van der Waals surface area contributed by atoms with Gasteiger partial charge >= 0.3 is 0 Å². The summed E-state index contributed by atoms with van der Waals surface area (Å²) in [5.41, 5.74) is 9.15. The number of ether oxygens (including phenoxy) is 1. The number of nitrogen functional groups attached to an aromatic ring is 1. The Morgan fingerprint density at radius 3 is 2.23 bits per heavy atom. The fraction of sp³-hybridized carbons (Fsp3) is 0.227. The zero-order valence-corrected chi connectivity index (χ0v) is 16.2. The number of nitrogens with zero attached hydrogens (tertiary/aromatic N) is 5. The average molecular weight is 400 g/mol. The van der Waals surface area contributed by atoms with Crippen molar-refractivity contribution >= 4 is 5.95 Å². The van der Waals surface area contributed by atoms with Crippen molar-refractivity contribution in [2.75, 3.05) is 18.9 Å². The summed E-state index contributed by atoms with van der Waals surface area (Å²) < 4.78 is 11.2. The molecule has 0 spiro atoms. The van der Waals surface area contributed by atoms with Gasteiger partial charge in [0.05, 0.1) is 5.41 Å². The molecule has 2 N–H and O–H groups in total. The first-order valence-corrected chi connectivity index (χ1v) is 9.75. The number of rotatable bonds is 4. The Balaban J connectivity index is 1.51. The van der Waals surface area contributed by atoms with Crippen LogP contribution >= 0.6 is 0 Å². The molecule has 8 nitrogen and oxygen atoms in total. The number of pyridine rings is 1. The lowest BCUT2D eigenvalue weighted by Gasteiger charge is -2.35. The Bertz CT molecular complexity index is 1120. The highest BCUT2D eigenvalue weighted by Crippen LogP contribution is 2.41. The van der Waals surface area contributed by atoms with Crippen molar-refractivity contribution in [2.24, 2.45) is 0 Å². The van der Waals surface area contributed by atoms with Gasteiger partial charge in [0, 0.05) is 49.1 Å². The summed E-state index contributed by atoms with van der Waals surface area (Å²) in [5.74, 6) is 1.44. The zero-order valence-electron chi connectivity index (χ0n) is 16.2. The molecule has 1 aromatic carbocycles. The molecule has 1 fully saturated rings. The Hall–Kier alpha value is -3.65. The lowest BCUT2D eigenvalue weighted by Crippen LogP contribution is -2.36. The van der Waals surface area contributed by atoms with Crippen LogP contribution in [0.4, 0.5) is 5.95 Å². The maximum Gasteiger partial charge on any atom is 0.258 e. The van der Waals surface area contributed by atoms with Crippen LogP contribution in [-0.2, 0) is 10.2 Å². The number of aromatic nitrogens is 5. The predicted octanol–water partition coefficient (Wildman–Crippen LogP) is 3.27. The summed E-state index contributed by atoms with van der Waals surface area (Å²) in [6.07, 6.45) is 8.44. The van der Waals surface area contributed by atoms with Gasteiger partial charge in [0.2, 0.25) is 5.95 Å². The molecule has 0 amide bonds. The first-order chi connectivity index (χ1) is 14.7. The van der Waals surface area contributed by atoms with Gasteiger partial charge in [-0.05, 0) is 36.1 Å². The van der Waals surface area contributed by atoms with Crippen LogP contribution in [0.5, 0.6) is 0 Å². The molecule has 0 radical (unpaired) electrons. The van der Waals surface area contributed by atoms with E-state index in [1.54, 1.807) is 24.8 Å². The van der Waals surface area contributed by atoms with Gasteiger partial charge in [0.25, 0.3) is 5.89 Å². The second-order valence-electron chi connectivity index (χ2n) is 7.26. The van der Waals surface area contributed by atoms with Crippen LogP contribution in [0.2, 0.25) is 0 Å². The molecule has 1 saturated heterocycles. The van der Waals surface area contributed by atoms with Crippen LogP contribution in [0.3, 0.4) is 0 Å². The number of hydrogen-bond acceptors (Lipinski definition) is 8. The summed E-state index contributed by atoms with van der Waals surface area (Å²) in [4.78, 5) is 16.9. The van der Waals surface area contributed by atoms with Crippen molar-refractivity contribution in [1.29, 1.82) is 0 Å². The van der Waals surface area contributed by atoms with Gasteiger partial charge in [-0.3, -0.25) is 4.98 Å². The van der Waals surface area contributed by atoms with Crippen molar-refractivity contribution in [3.05, 3.63) is 72.6 Å². The van der Waals surface area contributed by atoms with Crippen LogP contribution in [0.15, 0.2) is 65.7 Å². The third-order valence-electron chi connectivity index (χ3n) is 5.57. The lowest BCUT2D eigenvalue weighted by molar-refractivity contribution is 0.0597. The second-order valence-corrected chi connectivity index (χ2v) is 7.26. The Labute approximate surface area is 173 Å². The van der Waals surface area contributed by atoms with E-state index in [2.05, 4.69) is 44.4 Å². The summed E-state index contributed by atoms with van der Waals surface area (Å²) in [7, 11) is 0. The van der Waals surface area contributed by atoms with Gasteiger partial charge in [-0.25, -0.2) is 9.97 Å². The molecule has 4 aromatic rings. The van der Waals surface area contributed by atoms with Crippen LogP contribution in [-0.4, -0.2) is 38.3 Å². The highest BCUT2D eigenvalue weighted by Gasteiger charge is 2.40. The van der Waals surface area contributed by atoms with Gasteiger partial charge in [0.1, 0.15) is 0 Å². The molecule has 0 unspecified atom stereocenters. The highest BCUT2D eigenvalue weighted by atomic mass is 16.5. The molecular formula is C22H20N6O2. The highest BCUT2D eigenvalue weighted by molar-refractivity contribution is 5.62. The number of hydrogen-bond donors (Lipinski definition) is 1. The summed E-state index contributed by atoms with van der Waals surface area (Å²) in [5, 5.41) is 4.36. The maximum atomic E-state index is 5.64. The average Bonchev–Trinajstić information content (AvgIpc) is 3.32. The Kier molecular flexibility index (Phi) is 4.68. The molecule has 0 atom stereocenters. The molecule has 30 heavy (non-hydrogen) atoms. The third kappa shape index (κ3) is 3.31. The van der Waals surface area contributed by atoms with Gasteiger partial charge in [0.15, 0.2) is 5.82 Å². The minimum atomic E-state index is -0.358. The van der Waals surface area contributed by atoms with Crippen LogP contribution in [0.25, 0.3) is 22.6 Å². The molecule has 4 heterocycles. The van der Waals surface area contributed by atoms with E-state index in [1.165, 1.54) is 0 Å². The van der Waals surface area contributed by atoms with Crippen molar-refractivity contribution in [3.63, 3.8) is 0 Å². The molecule has 3 aromatic heterocycles. The van der Waals surface area contributed by atoms with E-state index in [9.17, 15) is 0 Å². The van der Waals surface area contributed by atoms with E-state index in [0.29, 0.717) is 24.9 Å². The first-order valence-electron chi connectivity index (χ1n) is 9.75. The molecule has 1 aliphatic rings. The van der Waals surface area contributed by atoms with Gasteiger partial charge in [-0.15, -0.1) is 0 Å². The summed E-state index contributed by atoms with van der Waals surface area (Å²) in [6, 6.07) is 12.1. The largest absolute Gasteiger partial charge is 0.381 e. The number of anilines is 1. The van der Waals surface area contributed by atoms with Crippen molar-refractivity contribution in [1.82, 2.24) is 25.1 Å². The SMILES string of the molecule is Nc1ncc(-c2ccc(C3(c4noc(-c5ccncc5)n4)CCOCC3)cc2)cn1. The van der Waals surface area contributed by atoms with E-state index < -0.39 is 0 Å². The van der Waals surface area contributed by atoms with E-state index in [-0.39, 0.29) is 11.4 Å². The zero-order chi connectivity index (χ0) is 20.4. The fourth-order valence-electron chi connectivity index (χ4n) is 3.86. The minimum absolute atomic E-state index is 0.263. The first kappa shape index (κ1) is 18.4. The van der Waals surface area contributed by atoms with E-state index in [1.807, 2.05) is 12.1 Å². The second kappa shape index (κ2) is 7.64. The molecule has 150 valence electrons. The van der Waals surface area contributed by atoms with E-state index >= 15 is 0 Å². The van der Waals surface area contributed by atoms with E-state index in [0.717, 1.165) is 35.1 Å². The fourth-order valence-corrected chi connectivity index (χ4v) is 3.86. The molecule has 5 rings (SSSR count). The lowest BCUT2D eigenvalue weighted by atomic mass is 9.73. The summed E-state index contributed by atoms with van der Waals surface area (Å²) >= 11 is 0.